The third-order valence-corrected chi connectivity index (χ3v) is 4.29. The van der Waals surface area contributed by atoms with Crippen molar-refractivity contribution in [2.45, 2.75) is 13.0 Å². The van der Waals surface area contributed by atoms with E-state index in [9.17, 15) is 0 Å². The molecule has 5 heteroatoms. The number of para-hydroxylation sites is 1. The normalized spacial score (nSPS) is 12.6. The first-order valence-corrected chi connectivity index (χ1v) is 7.57. The Morgan fingerprint density at radius 2 is 1.67 bits per heavy atom. The van der Waals surface area contributed by atoms with Crippen molar-refractivity contribution in [1.29, 1.82) is 0 Å². The second-order valence-corrected chi connectivity index (χ2v) is 6.02. The summed E-state index contributed by atoms with van der Waals surface area (Å²) >= 11 is 18.1. The van der Waals surface area contributed by atoms with E-state index < -0.39 is 0 Å². The second-order valence-electron chi connectivity index (χ2n) is 4.80. The summed E-state index contributed by atoms with van der Waals surface area (Å²) in [4.78, 5) is 0. The van der Waals surface area contributed by atoms with Gasteiger partial charge in [0, 0.05) is 5.39 Å². The number of benzene rings is 2. The van der Waals surface area contributed by atoms with E-state index in [1.807, 2.05) is 37.3 Å². The lowest BCUT2D eigenvalue weighted by molar-refractivity contribution is 0.526. The molecular weight excluding hydrogens is 329 g/mol. The highest BCUT2D eigenvalue weighted by molar-refractivity contribution is 6.44. The van der Waals surface area contributed by atoms with E-state index in [1.165, 1.54) is 0 Å². The Hall–Kier alpha value is -1.35. The maximum absolute atomic E-state index is 6.18. The highest BCUT2D eigenvalue weighted by Crippen LogP contribution is 2.34. The predicted molar refractivity (Wildman–Crippen MR) is 89.7 cm³/mol. The molecule has 0 spiro atoms. The smallest absolute Gasteiger partial charge is 0.134 e. The van der Waals surface area contributed by atoms with Crippen molar-refractivity contribution >= 4 is 51.5 Å². The fourth-order valence-corrected chi connectivity index (χ4v) is 2.75. The van der Waals surface area contributed by atoms with Crippen LogP contribution in [0.2, 0.25) is 15.1 Å². The van der Waals surface area contributed by atoms with Gasteiger partial charge in [0.05, 0.1) is 26.8 Å². The number of furan rings is 1. The molecule has 0 saturated carbocycles. The molecule has 0 fully saturated rings. The van der Waals surface area contributed by atoms with Gasteiger partial charge in [-0.3, -0.25) is 0 Å². The van der Waals surface area contributed by atoms with Crippen LogP contribution >= 0.6 is 34.8 Å². The Bertz CT molecular complexity index is 764. The van der Waals surface area contributed by atoms with Crippen molar-refractivity contribution in [3.05, 3.63) is 63.3 Å². The van der Waals surface area contributed by atoms with Crippen LogP contribution in [0, 0.1) is 0 Å². The summed E-state index contributed by atoms with van der Waals surface area (Å²) in [5.41, 5.74) is 1.58. The molecule has 0 amide bonds. The summed E-state index contributed by atoms with van der Waals surface area (Å²) in [5, 5.41) is 5.77. The predicted octanol–water partition coefficient (Wildman–Crippen LogP) is 6.57. The molecule has 1 heterocycles. The zero-order valence-corrected chi connectivity index (χ0v) is 13.4. The van der Waals surface area contributed by atoms with Gasteiger partial charge < -0.3 is 9.73 Å². The fourth-order valence-electron chi connectivity index (χ4n) is 2.15. The van der Waals surface area contributed by atoms with Gasteiger partial charge >= 0.3 is 0 Å². The summed E-state index contributed by atoms with van der Waals surface area (Å²) in [6.45, 7) is 2.00. The number of hydrogen-bond donors (Lipinski definition) is 1. The third kappa shape index (κ3) is 2.98. The lowest BCUT2D eigenvalue weighted by atomic mass is 10.2. The van der Waals surface area contributed by atoms with Crippen molar-refractivity contribution in [3.63, 3.8) is 0 Å². The van der Waals surface area contributed by atoms with Crippen molar-refractivity contribution in [3.8, 4) is 0 Å². The summed E-state index contributed by atoms with van der Waals surface area (Å²) < 4.78 is 5.83. The molecule has 0 aliphatic heterocycles. The van der Waals surface area contributed by atoms with E-state index in [1.54, 1.807) is 12.1 Å². The van der Waals surface area contributed by atoms with Crippen LogP contribution in [-0.4, -0.2) is 0 Å². The lowest BCUT2D eigenvalue weighted by Gasteiger charge is -2.15. The van der Waals surface area contributed by atoms with E-state index in [-0.39, 0.29) is 6.04 Å². The molecule has 1 unspecified atom stereocenters. The molecule has 0 radical (unpaired) electrons. The van der Waals surface area contributed by atoms with E-state index in [0.717, 1.165) is 22.4 Å². The maximum atomic E-state index is 6.18. The minimum atomic E-state index is -0.0489. The Kier molecular flexibility index (Phi) is 4.03. The first-order valence-electron chi connectivity index (χ1n) is 6.44. The zero-order valence-electron chi connectivity index (χ0n) is 11.2. The molecule has 0 aliphatic rings. The molecule has 1 aromatic heterocycles. The van der Waals surface area contributed by atoms with Gasteiger partial charge in [-0.1, -0.05) is 53.0 Å². The van der Waals surface area contributed by atoms with E-state index in [0.29, 0.717) is 15.1 Å². The van der Waals surface area contributed by atoms with Crippen LogP contribution in [0.5, 0.6) is 0 Å². The van der Waals surface area contributed by atoms with Gasteiger partial charge in [-0.05, 0) is 31.2 Å². The van der Waals surface area contributed by atoms with Gasteiger partial charge in [-0.25, -0.2) is 0 Å². The van der Waals surface area contributed by atoms with Crippen LogP contribution in [0.4, 0.5) is 5.69 Å². The fraction of sp³-hybridized carbons (Fsp3) is 0.125. The first-order chi connectivity index (χ1) is 10.0. The van der Waals surface area contributed by atoms with Gasteiger partial charge in [0.1, 0.15) is 11.3 Å². The van der Waals surface area contributed by atoms with Crippen LogP contribution in [-0.2, 0) is 0 Å². The summed E-state index contributed by atoms with van der Waals surface area (Å²) in [6, 6.07) is 13.2. The number of rotatable bonds is 3. The van der Waals surface area contributed by atoms with Crippen LogP contribution in [0.15, 0.2) is 46.9 Å². The van der Waals surface area contributed by atoms with Gasteiger partial charge in [0.2, 0.25) is 0 Å². The minimum absolute atomic E-state index is 0.0489. The Labute approximate surface area is 137 Å². The average Bonchev–Trinajstić information content (AvgIpc) is 2.88. The first kappa shape index (κ1) is 14.6. The largest absolute Gasteiger partial charge is 0.459 e. The quantitative estimate of drug-likeness (QED) is 0.546. The molecule has 1 atom stereocenters. The lowest BCUT2D eigenvalue weighted by Crippen LogP contribution is -2.06. The molecular formula is C16H12Cl3NO. The minimum Gasteiger partial charge on any atom is -0.459 e. The van der Waals surface area contributed by atoms with Gasteiger partial charge in [0.15, 0.2) is 0 Å². The van der Waals surface area contributed by atoms with E-state index in [4.69, 9.17) is 39.2 Å². The average molecular weight is 341 g/mol. The molecule has 108 valence electrons. The molecule has 3 aromatic rings. The van der Waals surface area contributed by atoms with Gasteiger partial charge in [0.25, 0.3) is 0 Å². The van der Waals surface area contributed by atoms with Crippen LogP contribution in [0.1, 0.15) is 18.7 Å². The highest BCUT2D eigenvalue weighted by Gasteiger charge is 2.14. The SMILES string of the molecule is CC(Nc1cc(Cl)c(Cl)cc1Cl)c1cc2ccccc2o1. The van der Waals surface area contributed by atoms with E-state index in [2.05, 4.69) is 5.32 Å². The monoisotopic (exact) mass is 339 g/mol. The van der Waals surface area contributed by atoms with Crippen molar-refractivity contribution in [2.75, 3.05) is 5.32 Å². The summed E-state index contributed by atoms with van der Waals surface area (Å²) in [6.07, 6.45) is 0. The number of anilines is 1. The molecule has 0 bridgehead atoms. The van der Waals surface area contributed by atoms with Gasteiger partial charge in [-0.15, -0.1) is 0 Å². The summed E-state index contributed by atoms with van der Waals surface area (Å²) in [7, 11) is 0. The standard InChI is InChI=1S/C16H12Cl3NO/c1-9(16-6-10-4-2-3-5-15(10)21-16)20-14-8-12(18)11(17)7-13(14)19/h2-9,20H,1H3. The van der Waals surface area contributed by atoms with Crippen molar-refractivity contribution in [2.24, 2.45) is 0 Å². The molecule has 2 nitrogen and oxygen atoms in total. The molecule has 0 saturated heterocycles. The molecule has 2 aromatic carbocycles. The van der Waals surface area contributed by atoms with E-state index >= 15 is 0 Å². The molecule has 21 heavy (non-hydrogen) atoms. The van der Waals surface area contributed by atoms with Gasteiger partial charge in [-0.2, -0.15) is 0 Å². The number of nitrogens with one attached hydrogen (secondary N) is 1. The summed E-state index contributed by atoms with van der Waals surface area (Å²) in [5.74, 6) is 0.832. The Balaban J connectivity index is 1.89. The number of fused-ring (bicyclic) bond motifs is 1. The number of halogens is 3. The molecule has 0 aliphatic carbocycles. The number of hydrogen-bond acceptors (Lipinski definition) is 2. The van der Waals surface area contributed by atoms with Crippen LogP contribution in [0.3, 0.4) is 0 Å². The van der Waals surface area contributed by atoms with Crippen LogP contribution < -0.4 is 5.32 Å². The molecule has 1 N–H and O–H groups in total. The Morgan fingerprint density at radius 3 is 2.43 bits per heavy atom. The van der Waals surface area contributed by atoms with Crippen molar-refractivity contribution in [1.82, 2.24) is 0 Å². The van der Waals surface area contributed by atoms with Crippen molar-refractivity contribution < 1.29 is 4.42 Å². The Morgan fingerprint density at radius 1 is 0.952 bits per heavy atom. The maximum Gasteiger partial charge on any atom is 0.134 e. The third-order valence-electron chi connectivity index (χ3n) is 3.25. The topological polar surface area (TPSA) is 25.2 Å². The zero-order chi connectivity index (χ0) is 15.0. The van der Waals surface area contributed by atoms with Crippen LogP contribution in [0.25, 0.3) is 11.0 Å². The molecule has 3 rings (SSSR count). The highest BCUT2D eigenvalue weighted by atomic mass is 35.5. The second kappa shape index (κ2) is 5.80.